The van der Waals surface area contributed by atoms with Gasteiger partial charge in [-0.25, -0.2) is 19.3 Å². The summed E-state index contributed by atoms with van der Waals surface area (Å²) in [4.78, 5) is 67.2. The fourth-order valence-electron chi connectivity index (χ4n) is 7.23. The zero-order valence-corrected chi connectivity index (χ0v) is 29.4. The van der Waals surface area contributed by atoms with E-state index in [2.05, 4.69) is 20.1 Å². The van der Waals surface area contributed by atoms with Gasteiger partial charge in [0.25, 0.3) is 0 Å². The minimum atomic E-state index is -4.74. The van der Waals surface area contributed by atoms with Gasteiger partial charge in [-0.05, 0) is 74.4 Å². The lowest BCUT2D eigenvalue weighted by atomic mass is 9.92. The third-order valence-corrected chi connectivity index (χ3v) is 10.1. The zero-order valence-electron chi connectivity index (χ0n) is 29.4. The average Bonchev–Trinajstić information content (AvgIpc) is 3.64. The summed E-state index contributed by atoms with van der Waals surface area (Å²) in [5, 5.41) is 5.10. The highest BCUT2D eigenvalue weighted by Gasteiger charge is 2.49. The van der Waals surface area contributed by atoms with Crippen LogP contribution in [0.3, 0.4) is 0 Å². The number of amides is 1. The number of benzene rings is 1. The van der Waals surface area contributed by atoms with Crippen molar-refractivity contribution in [2.24, 2.45) is 0 Å². The number of hydrogen-bond acceptors (Lipinski definition) is 8. The smallest absolute Gasteiger partial charge is 0.328 e. The van der Waals surface area contributed by atoms with Gasteiger partial charge >= 0.3 is 6.18 Å². The van der Waals surface area contributed by atoms with E-state index >= 15 is 4.39 Å². The second kappa shape index (κ2) is 14.6. The van der Waals surface area contributed by atoms with Gasteiger partial charge in [0, 0.05) is 49.5 Å². The van der Waals surface area contributed by atoms with Gasteiger partial charge in [0.1, 0.15) is 35.2 Å². The second-order valence-electron chi connectivity index (χ2n) is 14.1. The molecule has 1 saturated heterocycles. The van der Waals surface area contributed by atoms with Crippen molar-refractivity contribution in [3.05, 3.63) is 70.7 Å². The highest BCUT2D eigenvalue weighted by molar-refractivity contribution is 6.07. The summed E-state index contributed by atoms with van der Waals surface area (Å²) in [7, 11) is 0. The Morgan fingerprint density at radius 1 is 0.962 bits per heavy atom. The number of aromatic nitrogens is 5. The summed E-state index contributed by atoms with van der Waals surface area (Å²) in [6.45, 7) is 3.77. The molecule has 2 atom stereocenters. The lowest BCUT2D eigenvalue weighted by Gasteiger charge is -2.24. The Kier molecular flexibility index (Phi) is 10.4. The van der Waals surface area contributed by atoms with Crippen LogP contribution in [-0.4, -0.2) is 71.1 Å². The zero-order chi connectivity index (χ0) is 37.4. The molecule has 1 aromatic carbocycles. The topological polar surface area (TPSA) is 128 Å². The van der Waals surface area contributed by atoms with Gasteiger partial charge in [0.05, 0.1) is 30.2 Å². The SMILES string of the molecule is CC(=O)c1nn2c3c(cc(-c4cnc(C)nc4)cc13)CCCCCCC(=O)CC[C@@]1(F)C[C@@H](C(=O)Cc3nc(C(F)(F)F)ccc3C)N(C1)C(=O)C2. The molecule has 0 spiro atoms. The van der Waals surface area contributed by atoms with Crippen molar-refractivity contribution in [1.29, 1.82) is 0 Å². The van der Waals surface area contributed by atoms with Crippen molar-refractivity contribution in [3.63, 3.8) is 0 Å². The Balaban J connectivity index is 1.40. The van der Waals surface area contributed by atoms with Crippen LogP contribution >= 0.6 is 0 Å². The summed E-state index contributed by atoms with van der Waals surface area (Å²) in [6, 6.07) is 4.50. The first-order valence-corrected chi connectivity index (χ1v) is 17.5. The van der Waals surface area contributed by atoms with Crippen molar-refractivity contribution in [2.75, 3.05) is 6.54 Å². The molecule has 14 heteroatoms. The number of halogens is 4. The van der Waals surface area contributed by atoms with E-state index in [1.54, 1.807) is 19.3 Å². The van der Waals surface area contributed by atoms with Crippen molar-refractivity contribution in [2.45, 2.75) is 109 Å². The Hall–Kier alpha value is -4.88. The Morgan fingerprint density at radius 3 is 2.37 bits per heavy atom. The highest BCUT2D eigenvalue weighted by atomic mass is 19.4. The van der Waals surface area contributed by atoms with Crippen molar-refractivity contribution in [3.8, 4) is 11.1 Å². The molecule has 5 heterocycles. The fourth-order valence-corrected chi connectivity index (χ4v) is 7.23. The van der Waals surface area contributed by atoms with Gasteiger partial charge in [-0.15, -0.1) is 0 Å². The van der Waals surface area contributed by atoms with Crippen molar-refractivity contribution in [1.82, 2.24) is 29.6 Å². The maximum atomic E-state index is 16.6. The van der Waals surface area contributed by atoms with Crippen LogP contribution in [0.15, 0.2) is 36.7 Å². The van der Waals surface area contributed by atoms with E-state index < -0.39 is 61.2 Å². The molecule has 2 aliphatic heterocycles. The Labute approximate surface area is 298 Å². The predicted octanol–water partition coefficient (Wildman–Crippen LogP) is 6.70. The number of rotatable bonds is 5. The standard InChI is InChI=1S/C38H40F4N6O4/c1-22-10-11-33(38(40,41)42)45-30(22)16-32(51)31-17-37(39)13-12-28(50)9-7-5-4-6-8-25-14-26(27-18-43-24(3)44-19-27)15-29-35(23(2)49)46-48(36(25)29)20-34(52)47(31)21-37/h10-11,14-15,18-19,31H,4-9,12-13,16-17,20-21H2,1-3H3/t31-,37+/m0/s1. The third-order valence-electron chi connectivity index (χ3n) is 10.1. The van der Waals surface area contributed by atoms with E-state index in [-0.39, 0.29) is 42.2 Å². The van der Waals surface area contributed by atoms with Crippen LogP contribution in [0.25, 0.3) is 22.0 Å². The number of carbonyl (C=O) groups excluding carboxylic acids is 4. The fraction of sp³-hybridized carbons (Fsp3) is 0.474. The number of aryl methyl sites for hydroxylation is 3. The molecule has 0 radical (unpaired) electrons. The molecule has 0 unspecified atom stereocenters. The summed E-state index contributed by atoms with van der Waals surface area (Å²) in [5.74, 6) is -1.15. The maximum Gasteiger partial charge on any atom is 0.433 e. The minimum Gasteiger partial charge on any atom is -0.328 e. The normalized spacial score (nSPS) is 20.7. The summed E-state index contributed by atoms with van der Waals surface area (Å²) >= 11 is 0. The number of alkyl halides is 4. The van der Waals surface area contributed by atoms with E-state index in [0.717, 1.165) is 46.9 Å². The van der Waals surface area contributed by atoms with E-state index in [1.165, 1.54) is 24.6 Å². The number of nitrogens with zero attached hydrogens (tertiary/aromatic N) is 6. The molecule has 0 N–H and O–H groups in total. The molecule has 0 saturated carbocycles. The van der Waals surface area contributed by atoms with Gasteiger partial charge in [0.15, 0.2) is 11.6 Å². The molecule has 6 rings (SSSR count). The van der Waals surface area contributed by atoms with Gasteiger partial charge < -0.3 is 4.90 Å². The minimum absolute atomic E-state index is 0.0631. The highest BCUT2D eigenvalue weighted by Crippen LogP contribution is 2.38. The molecule has 0 aliphatic carbocycles. The summed E-state index contributed by atoms with van der Waals surface area (Å²) in [6.07, 6.45) is 1.28. The molecule has 10 nitrogen and oxygen atoms in total. The van der Waals surface area contributed by atoms with Crippen LogP contribution in [0.4, 0.5) is 17.6 Å². The van der Waals surface area contributed by atoms with Crippen LogP contribution in [0.5, 0.6) is 0 Å². The maximum absolute atomic E-state index is 16.6. The molecule has 1 fully saturated rings. The van der Waals surface area contributed by atoms with Gasteiger partial charge in [-0.3, -0.25) is 23.9 Å². The first kappa shape index (κ1) is 36.9. The third kappa shape index (κ3) is 7.95. The predicted molar refractivity (Wildman–Crippen MR) is 183 cm³/mol. The van der Waals surface area contributed by atoms with Gasteiger partial charge in [-0.1, -0.05) is 18.9 Å². The molecule has 1 amide bonds. The molecular weight excluding hydrogens is 680 g/mol. The molecule has 2 aliphatic rings. The number of hydrogen-bond donors (Lipinski definition) is 0. The van der Waals surface area contributed by atoms with Crippen molar-refractivity contribution < 1.29 is 36.7 Å². The monoisotopic (exact) mass is 720 g/mol. The second-order valence-corrected chi connectivity index (χ2v) is 14.1. The number of pyridine rings is 1. The Morgan fingerprint density at radius 2 is 1.67 bits per heavy atom. The van der Waals surface area contributed by atoms with Crippen LogP contribution in [-0.2, 0) is 39.9 Å². The molecule has 2 bridgehead atoms. The molecule has 4 aromatic rings. The van der Waals surface area contributed by atoms with E-state index in [9.17, 15) is 32.3 Å². The van der Waals surface area contributed by atoms with Gasteiger partial charge in [-0.2, -0.15) is 18.3 Å². The quantitative estimate of drug-likeness (QED) is 0.165. The molecular formula is C38H40F4N6O4. The van der Waals surface area contributed by atoms with Gasteiger partial charge in [0.2, 0.25) is 5.91 Å². The lowest BCUT2D eigenvalue weighted by Crippen LogP contribution is -2.43. The number of fused-ring (bicyclic) bond motifs is 2. The van der Waals surface area contributed by atoms with E-state index in [0.29, 0.717) is 35.1 Å². The molecule has 274 valence electrons. The number of Topliss-reactive ketones (excluding diaryl/α,β-unsaturated/α-hetero) is 3. The first-order valence-electron chi connectivity index (χ1n) is 17.5. The van der Waals surface area contributed by atoms with Crippen LogP contribution < -0.4 is 0 Å². The number of carbonyl (C=O) groups is 4. The van der Waals surface area contributed by atoms with Crippen molar-refractivity contribution >= 4 is 34.2 Å². The van der Waals surface area contributed by atoms with Crippen LogP contribution in [0, 0.1) is 13.8 Å². The van der Waals surface area contributed by atoms with E-state index in [1.807, 2.05) is 12.1 Å². The van der Waals surface area contributed by atoms with Crippen LogP contribution in [0.1, 0.15) is 97.1 Å². The largest absolute Gasteiger partial charge is 0.433 e. The van der Waals surface area contributed by atoms with Crippen LogP contribution in [0.2, 0.25) is 0 Å². The van der Waals surface area contributed by atoms with E-state index in [4.69, 9.17) is 0 Å². The Bertz CT molecular complexity index is 2040. The molecule has 3 aromatic heterocycles. The summed E-state index contributed by atoms with van der Waals surface area (Å²) < 4.78 is 58.4. The molecule has 52 heavy (non-hydrogen) atoms. The number of ketones is 3. The average molecular weight is 721 g/mol. The lowest BCUT2D eigenvalue weighted by molar-refractivity contribution is -0.141. The summed E-state index contributed by atoms with van der Waals surface area (Å²) in [5.41, 5.74) is 0.0117. The first-order chi connectivity index (χ1) is 24.6.